The van der Waals surface area contributed by atoms with Crippen LogP contribution in [0.4, 0.5) is 0 Å². The lowest BCUT2D eigenvalue weighted by molar-refractivity contribution is -0.366. The Morgan fingerprint density at radius 1 is 0.667 bits per heavy atom. The summed E-state index contributed by atoms with van der Waals surface area (Å²) in [6.07, 6.45) is -18.2. The van der Waals surface area contributed by atoms with Crippen LogP contribution in [0.2, 0.25) is 0 Å². The number of rotatable bonds is 11. The molecule has 292 valence electrons. The van der Waals surface area contributed by atoms with E-state index in [2.05, 4.69) is 0 Å². The van der Waals surface area contributed by atoms with Crippen LogP contribution in [0.3, 0.4) is 0 Å². The summed E-state index contributed by atoms with van der Waals surface area (Å²) in [5.41, 5.74) is 0. The molecule has 0 aromatic rings. The van der Waals surface area contributed by atoms with Gasteiger partial charge in [0, 0.05) is 25.7 Å². The number of aliphatic hydroxyl groups is 10. The zero-order valence-electron chi connectivity index (χ0n) is 28.1. The van der Waals surface area contributed by atoms with Crippen LogP contribution in [-0.2, 0) is 42.8 Å². The van der Waals surface area contributed by atoms with E-state index >= 15 is 0 Å². The molecule has 19 nitrogen and oxygen atoms in total. The molecule has 5 fully saturated rings. The molecule has 2 saturated carbocycles. The third kappa shape index (κ3) is 9.71. The molecule has 3 heterocycles. The fraction of sp³-hybridized carbons (Fsp3) is 0.906. The van der Waals surface area contributed by atoms with Crippen LogP contribution in [0.25, 0.3) is 0 Å². The molecule has 0 bridgehead atoms. The van der Waals surface area contributed by atoms with Gasteiger partial charge in [-0.15, -0.1) is 0 Å². The van der Waals surface area contributed by atoms with E-state index < -0.39 is 141 Å². The highest BCUT2D eigenvalue weighted by Crippen LogP contribution is 2.43. The zero-order chi connectivity index (χ0) is 37.1. The van der Waals surface area contributed by atoms with E-state index in [0.29, 0.717) is 25.7 Å². The van der Waals surface area contributed by atoms with Gasteiger partial charge in [0.05, 0.1) is 24.2 Å². The number of ether oxygens (including phenoxy) is 7. The molecule has 51 heavy (non-hydrogen) atoms. The maximum absolute atomic E-state index is 11.8. The van der Waals surface area contributed by atoms with Gasteiger partial charge in [-0.2, -0.15) is 0 Å². The number of fused-ring (bicyclic) bond motifs is 1. The van der Waals surface area contributed by atoms with Crippen LogP contribution >= 0.6 is 0 Å². The van der Waals surface area contributed by atoms with E-state index in [4.69, 9.17) is 38.3 Å². The van der Waals surface area contributed by atoms with Crippen molar-refractivity contribution in [2.45, 2.75) is 156 Å². The monoisotopic (exact) mass is 739 g/mol. The van der Waals surface area contributed by atoms with Gasteiger partial charge < -0.3 is 79.1 Å². The number of carbonyl (C=O) groups excluding carboxylic acids is 2. The first kappa shape index (κ1) is 40.1. The second kappa shape index (κ2) is 17.4. The molecule has 5 rings (SSSR count). The summed E-state index contributed by atoms with van der Waals surface area (Å²) in [4.78, 5) is 34.1. The fourth-order valence-corrected chi connectivity index (χ4v) is 7.83. The first-order valence-corrected chi connectivity index (χ1v) is 17.4. The van der Waals surface area contributed by atoms with Crippen LogP contribution in [0.5, 0.6) is 0 Å². The van der Waals surface area contributed by atoms with Gasteiger partial charge in [-0.3, -0.25) is 14.4 Å². The molecule has 0 aromatic carbocycles. The number of carboxylic acid groups (broad SMARTS) is 1. The van der Waals surface area contributed by atoms with Crippen molar-refractivity contribution < 1.29 is 93.5 Å². The van der Waals surface area contributed by atoms with E-state index in [1.807, 2.05) is 0 Å². The van der Waals surface area contributed by atoms with E-state index in [-0.39, 0.29) is 25.2 Å². The second-order valence-electron chi connectivity index (χ2n) is 14.2. The number of carboxylic acids is 1. The van der Waals surface area contributed by atoms with Crippen molar-refractivity contribution in [3.05, 3.63) is 0 Å². The first-order chi connectivity index (χ1) is 24.1. The quantitative estimate of drug-likeness (QED) is 0.0553. The number of esters is 2. The number of hydrogen-bond donors (Lipinski definition) is 9. The molecule has 10 N–H and O–H groups in total. The standard InChI is InChI=1S/C32H50O19/c1-12(33)45-10-20-24(39)26(41)28(43)31(50-20)48-18-7-15(35)6-17-16(18)8-19(30(47-17)13-2-4-14(34)5-3-13)49-32-29(44)27(42)25(40)21(51-32)11-46-23(38)9-22(36)37/h13-21,24-32,34-35,39-44H,2-11H2,1H3,(H,36,37)/p+1/t13?,14?,15?,16?,17?,18?,19?,20-,21-,24-,25-,26+,27+,28-,29-,30?,31-,32-/m1/s1. The molecule has 0 aromatic heterocycles. The molecule has 5 aliphatic rings. The smallest absolute Gasteiger partial charge is 0.317 e. The van der Waals surface area contributed by atoms with Gasteiger partial charge in [-0.25, -0.2) is 0 Å². The average molecular weight is 740 g/mol. The highest BCUT2D eigenvalue weighted by Gasteiger charge is 2.56. The van der Waals surface area contributed by atoms with Gasteiger partial charge in [0.15, 0.2) is 24.8 Å². The lowest BCUT2D eigenvalue weighted by Gasteiger charge is -2.50. The van der Waals surface area contributed by atoms with Gasteiger partial charge >= 0.3 is 17.9 Å². The van der Waals surface area contributed by atoms with Crippen molar-refractivity contribution >= 4 is 17.9 Å². The molecular formula is C32H51O19+. The Labute approximate surface area is 292 Å². The van der Waals surface area contributed by atoms with Crippen molar-refractivity contribution in [1.29, 1.82) is 0 Å². The van der Waals surface area contributed by atoms with Crippen molar-refractivity contribution in [3.8, 4) is 0 Å². The molecule has 6 unspecified atom stereocenters. The Kier molecular flexibility index (Phi) is 13.6. The summed E-state index contributed by atoms with van der Waals surface area (Å²) in [5, 5.41) is 93.8. The largest absolute Gasteiger partial charge is 0.481 e. The number of hydrogen-bond acceptors (Lipinski definition) is 17. The number of carbonyl (C=O) groups is 3. The first-order valence-electron chi connectivity index (χ1n) is 17.4. The second-order valence-corrected chi connectivity index (χ2v) is 14.2. The van der Waals surface area contributed by atoms with E-state index in [9.17, 15) is 55.2 Å². The van der Waals surface area contributed by atoms with Crippen LogP contribution in [-0.4, -0.2) is 180 Å². The molecule has 3 aliphatic heterocycles. The minimum absolute atomic E-state index is 0.0702. The molecule has 16 atom stereocenters. The molecule has 3 saturated heterocycles. The lowest BCUT2D eigenvalue weighted by atomic mass is 9.73. The SMILES string of the molecule is CC(=O)OC[C@H]1O[C@@H](OC2CC(O)CC3[OH+]C(C4CCC(O)CC4)C(O[C@@H]4O[C@H](COC(=O)CC(=O)O)[C@@H](O)[C@H](O)[C@H]4O)CC23)[C@H](O)[C@@H](O)[C@@H]1O. The Bertz CT molecular complexity index is 1180. The van der Waals surface area contributed by atoms with Crippen LogP contribution < -0.4 is 0 Å². The minimum atomic E-state index is -1.80. The van der Waals surface area contributed by atoms with Crippen LogP contribution in [0.15, 0.2) is 0 Å². The summed E-state index contributed by atoms with van der Waals surface area (Å²) in [5.74, 6) is -3.76. The summed E-state index contributed by atoms with van der Waals surface area (Å²) in [7, 11) is 0. The molecule has 19 heteroatoms. The maximum atomic E-state index is 11.8. The topological polar surface area (TPSA) is 301 Å². The highest BCUT2D eigenvalue weighted by atomic mass is 16.7. The normalized spacial score (nSPS) is 46.1. The summed E-state index contributed by atoms with van der Waals surface area (Å²) in [6.45, 7) is 0.0903. The fourth-order valence-electron chi connectivity index (χ4n) is 7.83. The van der Waals surface area contributed by atoms with Gasteiger partial charge in [-0.05, 0) is 32.1 Å². The van der Waals surface area contributed by atoms with E-state index in [0.717, 1.165) is 6.92 Å². The predicted molar refractivity (Wildman–Crippen MR) is 164 cm³/mol. The van der Waals surface area contributed by atoms with Gasteiger partial charge in [0.25, 0.3) is 0 Å². The highest BCUT2D eigenvalue weighted by molar-refractivity contribution is 5.90. The minimum Gasteiger partial charge on any atom is -0.481 e. The Hall–Kier alpha value is -2.11. The van der Waals surface area contributed by atoms with E-state index in [1.165, 1.54) is 0 Å². The summed E-state index contributed by atoms with van der Waals surface area (Å²) < 4.78 is 39.0. The van der Waals surface area contributed by atoms with E-state index in [1.54, 1.807) is 0 Å². The molecular weight excluding hydrogens is 688 g/mol. The van der Waals surface area contributed by atoms with Crippen LogP contribution in [0, 0.1) is 11.8 Å². The van der Waals surface area contributed by atoms with Gasteiger partial charge in [0.1, 0.15) is 74.6 Å². The molecule has 2 aliphatic carbocycles. The zero-order valence-corrected chi connectivity index (χ0v) is 28.1. The Morgan fingerprint density at radius 3 is 1.76 bits per heavy atom. The number of aliphatic carboxylic acids is 1. The Balaban J connectivity index is 1.34. The van der Waals surface area contributed by atoms with Gasteiger partial charge in [0.2, 0.25) is 0 Å². The van der Waals surface area contributed by atoms with Crippen molar-refractivity contribution in [3.63, 3.8) is 0 Å². The number of aliphatic hydroxyl groups excluding tert-OH is 8. The summed E-state index contributed by atoms with van der Waals surface area (Å²) in [6, 6.07) is 0. The molecule has 0 spiro atoms. The van der Waals surface area contributed by atoms with Crippen molar-refractivity contribution in [2.24, 2.45) is 11.8 Å². The lowest BCUT2D eigenvalue weighted by Crippen LogP contribution is -2.64. The van der Waals surface area contributed by atoms with Crippen molar-refractivity contribution in [1.82, 2.24) is 0 Å². The molecule has 0 radical (unpaired) electrons. The molecule has 0 amide bonds. The van der Waals surface area contributed by atoms with Crippen LogP contribution in [0.1, 0.15) is 58.3 Å². The average Bonchev–Trinajstić information content (AvgIpc) is 3.07. The van der Waals surface area contributed by atoms with Crippen molar-refractivity contribution in [2.75, 3.05) is 13.2 Å². The maximum Gasteiger partial charge on any atom is 0.317 e. The third-order valence-corrected chi connectivity index (χ3v) is 10.6. The predicted octanol–water partition coefficient (Wildman–Crippen LogP) is -4.06. The third-order valence-electron chi connectivity index (χ3n) is 10.6. The Morgan fingerprint density at radius 2 is 1.22 bits per heavy atom. The summed E-state index contributed by atoms with van der Waals surface area (Å²) >= 11 is 0. The van der Waals surface area contributed by atoms with Gasteiger partial charge in [-0.1, -0.05) is 0 Å².